The Morgan fingerprint density at radius 2 is 1.69 bits per heavy atom. The molecule has 1 aromatic carbocycles. The van der Waals surface area contributed by atoms with Gasteiger partial charge in [0.05, 0.1) is 37.8 Å². The highest BCUT2D eigenvalue weighted by molar-refractivity contribution is 6.04. The highest BCUT2D eigenvalue weighted by atomic mass is 19.4. The van der Waals surface area contributed by atoms with Gasteiger partial charge in [-0.15, -0.1) is 0 Å². The zero-order chi connectivity index (χ0) is 34.9. The number of anilines is 1. The van der Waals surface area contributed by atoms with E-state index < -0.39 is 70.2 Å². The minimum atomic E-state index is -5.09. The van der Waals surface area contributed by atoms with Crippen molar-refractivity contribution in [1.82, 2.24) is 19.5 Å². The van der Waals surface area contributed by atoms with Crippen LogP contribution in [0.1, 0.15) is 21.6 Å². The number of carbonyl (C=O) groups is 1. The number of alkyl halides is 5. The molecule has 0 radical (unpaired) electrons. The summed E-state index contributed by atoms with van der Waals surface area (Å²) in [5, 5.41) is 2.21. The second-order valence-corrected chi connectivity index (χ2v) is 9.66. The molecule has 0 aliphatic rings. The third-order valence-corrected chi connectivity index (χ3v) is 6.62. The lowest BCUT2D eigenvalue weighted by Gasteiger charge is -2.18. The maximum Gasteiger partial charge on any atom is 0.431 e. The molecule has 11 nitrogen and oxygen atoms in total. The topological polar surface area (TPSA) is 127 Å². The van der Waals surface area contributed by atoms with E-state index >= 15 is 4.39 Å². The molecule has 0 saturated carbocycles. The van der Waals surface area contributed by atoms with Gasteiger partial charge in [0.2, 0.25) is 5.88 Å². The van der Waals surface area contributed by atoms with Crippen molar-refractivity contribution >= 4 is 22.6 Å². The molecule has 5 aromatic rings. The van der Waals surface area contributed by atoms with E-state index in [2.05, 4.69) is 25.0 Å². The van der Waals surface area contributed by atoms with Crippen LogP contribution in [0.25, 0.3) is 16.7 Å². The molecular formula is C30H20F7N5O6. The van der Waals surface area contributed by atoms with Crippen LogP contribution in [0.4, 0.5) is 36.4 Å². The van der Waals surface area contributed by atoms with Crippen LogP contribution in [0, 0.1) is 18.6 Å². The first-order valence-electron chi connectivity index (χ1n) is 13.3. The smallest absolute Gasteiger partial charge is 0.431 e. The Morgan fingerprint density at radius 3 is 2.31 bits per heavy atom. The molecular weight excluding hydrogens is 659 g/mol. The summed E-state index contributed by atoms with van der Waals surface area (Å²) < 4.78 is 117. The zero-order valence-electron chi connectivity index (χ0n) is 24.7. The van der Waals surface area contributed by atoms with Gasteiger partial charge in [-0.1, -0.05) is 0 Å². The van der Waals surface area contributed by atoms with Gasteiger partial charge < -0.3 is 24.3 Å². The monoisotopic (exact) mass is 679 g/mol. The van der Waals surface area contributed by atoms with E-state index in [0.29, 0.717) is 18.3 Å². The number of ether oxygens (including phenoxy) is 4. The number of amides is 1. The van der Waals surface area contributed by atoms with Crippen molar-refractivity contribution in [2.24, 2.45) is 0 Å². The zero-order valence-corrected chi connectivity index (χ0v) is 24.7. The number of rotatable bonds is 9. The van der Waals surface area contributed by atoms with E-state index in [-0.39, 0.29) is 38.5 Å². The van der Waals surface area contributed by atoms with Crippen molar-refractivity contribution in [3.8, 4) is 34.7 Å². The maximum absolute atomic E-state index is 15.2. The molecule has 18 heteroatoms. The molecule has 0 unspecified atom stereocenters. The SMILES string of the molecule is COc1cc2ncc(F)c(Oc3ccc(NC(=O)c4ccc(C(F)(F)F)n(-c5cnc(OC(F)F)cc5C)c4=O)cc3F)c2nc1OC. The van der Waals surface area contributed by atoms with Crippen LogP contribution >= 0.6 is 0 Å². The summed E-state index contributed by atoms with van der Waals surface area (Å²) in [5.41, 5.74) is -4.60. The van der Waals surface area contributed by atoms with Gasteiger partial charge in [-0.25, -0.2) is 18.7 Å². The number of nitrogens with zero attached hydrogens (tertiary/aromatic N) is 4. The Balaban J connectivity index is 1.46. The normalized spacial score (nSPS) is 11.5. The molecule has 0 bridgehead atoms. The van der Waals surface area contributed by atoms with Crippen LogP contribution in [0.5, 0.6) is 29.0 Å². The summed E-state index contributed by atoms with van der Waals surface area (Å²) in [6, 6.07) is 6.25. The van der Waals surface area contributed by atoms with Gasteiger partial charge in [-0.3, -0.25) is 19.1 Å². The number of aromatic nitrogens is 4. The first kappa shape index (κ1) is 33.4. The van der Waals surface area contributed by atoms with E-state index in [1.54, 1.807) is 0 Å². The highest BCUT2D eigenvalue weighted by Gasteiger charge is 2.36. The van der Waals surface area contributed by atoms with Crippen molar-refractivity contribution in [2.45, 2.75) is 19.7 Å². The average molecular weight is 680 g/mol. The van der Waals surface area contributed by atoms with Gasteiger partial charge in [0, 0.05) is 23.9 Å². The predicted octanol–water partition coefficient (Wildman–Crippen LogP) is 6.44. The number of benzene rings is 1. The Hall–Kier alpha value is -5.94. The molecule has 1 N–H and O–H groups in total. The molecule has 0 aliphatic carbocycles. The van der Waals surface area contributed by atoms with E-state index in [4.69, 9.17) is 14.2 Å². The molecule has 0 spiro atoms. The number of carbonyl (C=O) groups excluding carboxylic acids is 1. The number of methoxy groups -OCH3 is 2. The van der Waals surface area contributed by atoms with Crippen molar-refractivity contribution in [2.75, 3.05) is 19.5 Å². The highest BCUT2D eigenvalue weighted by Crippen LogP contribution is 2.37. The number of nitrogens with one attached hydrogen (secondary N) is 1. The number of pyridine rings is 4. The molecule has 4 heterocycles. The van der Waals surface area contributed by atoms with Crippen molar-refractivity contribution in [1.29, 1.82) is 0 Å². The largest absolute Gasteiger partial charge is 0.491 e. The molecule has 0 aliphatic heterocycles. The number of halogens is 7. The number of aryl methyl sites for hydroxylation is 1. The Bertz CT molecular complexity index is 2110. The molecule has 5 rings (SSSR count). The standard InChI is InChI=1S/C30H20F7N5O6/c1-13-8-23(48-29(33)34)39-12-19(13)42-22(30(35,36)37)7-5-15(28(42)44)26(43)40-14-4-6-20(16(31)9-14)47-25-17(32)11-38-18-10-21(45-2)27(46-3)41-24(18)25/h4-12,29H,1-3H3,(H,40,43). The first-order chi connectivity index (χ1) is 22.7. The summed E-state index contributed by atoms with van der Waals surface area (Å²) in [6.07, 6.45) is -3.57. The predicted molar refractivity (Wildman–Crippen MR) is 153 cm³/mol. The summed E-state index contributed by atoms with van der Waals surface area (Å²) in [5.74, 6) is -4.84. The van der Waals surface area contributed by atoms with E-state index in [9.17, 15) is 35.9 Å². The fourth-order valence-corrected chi connectivity index (χ4v) is 4.47. The molecule has 0 atom stereocenters. The van der Waals surface area contributed by atoms with E-state index in [0.717, 1.165) is 30.5 Å². The summed E-state index contributed by atoms with van der Waals surface area (Å²) >= 11 is 0. The van der Waals surface area contributed by atoms with Crippen molar-refractivity contribution in [3.05, 3.63) is 93.7 Å². The second kappa shape index (κ2) is 13.0. The minimum Gasteiger partial charge on any atom is -0.491 e. The number of hydrogen-bond donors (Lipinski definition) is 1. The number of fused-ring (bicyclic) bond motifs is 1. The number of hydrogen-bond acceptors (Lipinski definition) is 9. The lowest BCUT2D eigenvalue weighted by atomic mass is 10.1. The first-order valence-corrected chi connectivity index (χ1v) is 13.3. The summed E-state index contributed by atoms with van der Waals surface area (Å²) in [7, 11) is 2.64. The third kappa shape index (κ3) is 6.62. The van der Waals surface area contributed by atoms with E-state index in [1.807, 2.05) is 0 Å². The van der Waals surface area contributed by atoms with Crippen LogP contribution < -0.4 is 29.8 Å². The molecule has 0 fully saturated rings. The lowest BCUT2D eigenvalue weighted by molar-refractivity contribution is -0.142. The van der Waals surface area contributed by atoms with Gasteiger partial charge >= 0.3 is 12.8 Å². The fraction of sp³-hybridized carbons (Fsp3) is 0.167. The van der Waals surface area contributed by atoms with E-state index in [1.165, 1.54) is 27.2 Å². The van der Waals surface area contributed by atoms with Crippen LogP contribution in [0.15, 0.2) is 59.7 Å². The van der Waals surface area contributed by atoms with Crippen molar-refractivity contribution in [3.63, 3.8) is 0 Å². The molecule has 250 valence electrons. The molecule has 48 heavy (non-hydrogen) atoms. The van der Waals surface area contributed by atoms with Crippen LogP contribution in [0.3, 0.4) is 0 Å². The molecule has 4 aromatic heterocycles. The van der Waals surface area contributed by atoms with Crippen LogP contribution in [-0.4, -0.2) is 46.3 Å². The van der Waals surface area contributed by atoms with Crippen molar-refractivity contribution < 1.29 is 54.5 Å². The Morgan fingerprint density at radius 1 is 0.938 bits per heavy atom. The van der Waals surface area contributed by atoms with Crippen LogP contribution in [0.2, 0.25) is 0 Å². The van der Waals surface area contributed by atoms with Crippen LogP contribution in [-0.2, 0) is 6.18 Å². The third-order valence-electron chi connectivity index (χ3n) is 6.62. The van der Waals surface area contributed by atoms with Gasteiger partial charge in [-0.05, 0) is 36.8 Å². The minimum absolute atomic E-state index is 0.0349. The molecule has 1 amide bonds. The van der Waals surface area contributed by atoms with Gasteiger partial charge in [-0.2, -0.15) is 22.0 Å². The summed E-state index contributed by atoms with van der Waals surface area (Å²) in [6.45, 7) is -2.05. The molecule has 0 saturated heterocycles. The van der Waals surface area contributed by atoms with Gasteiger partial charge in [0.1, 0.15) is 16.8 Å². The lowest BCUT2D eigenvalue weighted by Crippen LogP contribution is -2.33. The Kier molecular flexibility index (Phi) is 9.09. The Labute approximate surface area is 264 Å². The second-order valence-electron chi connectivity index (χ2n) is 9.66. The maximum atomic E-state index is 15.2. The fourth-order valence-electron chi connectivity index (χ4n) is 4.47. The van der Waals surface area contributed by atoms with Gasteiger partial charge in [0.15, 0.2) is 28.9 Å². The average Bonchev–Trinajstić information content (AvgIpc) is 3.02. The quantitative estimate of drug-likeness (QED) is 0.175. The van der Waals surface area contributed by atoms with Gasteiger partial charge in [0.25, 0.3) is 17.3 Å². The summed E-state index contributed by atoms with van der Waals surface area (Å²) in [4.78, 5) is 37.9.